The van der Waals surface area contributed by atoms with E-state index in [0.29, 0.717) is 22.9 Å². The second-order valence-electron chi connectivity index (χ2n) is 4.18. The summed E-state index contributed by atoms with van der Waals surface area (Å²) < 4.78 is 10.4. The van der Waals surface area contributed by atoms with Crippen LogP contribution < -0.4 is 4.74 Å². The minimum atomic E-state index is -0.453. The van der Waals surface area contributed by atoms with Gasteiger partial charge in [0, 0.05) is 10.6 Å². The SMILES string of the molecule is C#CCOC(=O)c1ccc(OCc2ccccc2Cl)cc1. The molecule has 2 aromatic rings. The van der Waals surface area contributed by atoms with Crippen LogP contribution in [0.2, 0.25) is 5.02 Å². The summed E-state index contributed by atoms with van der Waals surface area (Å²) in [6.45, 7) is 0.324. The highest BCUT2D eigenvalue weighted by Crippen LogP contribution is 2.19. The zero-order valence-electron chi connectivity index (χ0n) is 11.2. The van der Waals surface area contributed by atoms with Crippen LogP contribution in [-0.4, -0.2) is 12.6 Å². The maximum Gasteiger partial charge on any atom is 0.339 e. The van der Waals surface area contributed by atoms with E-state index in [1.807, 2.05) is 24.3 Å². The molecule has 106 valence electrons. The van der Waals surface area contributed by atoms with Crippen LogP contribution >= 0.6 is 11.6 Å². The molecule has 0 aliphatic rings. The Hall–Kier alpha value is -2.44. The van der Waals surface area contributed by atoms with Gasteiger partial charge < -0.3 is 9.47 Å². The number of ether oxygens (including phenoxy) is 2. The van der Waals surface area contributed by atoms with Crippen molar-refractivity contribution in [1.29, 1.82) is 0 Å². The quantitative estimate of drug-likeness (QED) is 0.624. The van der Waals surface area contributed by atoms with Gasteiger partial charge in [0.15, 0.2) is 6.61 Å². The van der Waals surface area contributed by atoms with Crippen LogP contribution in [0.25, 0.3) is 0 Å². The van der Waals surface area contributed by atoms with Crippen LogP contribution in [-0.2, 0) is 11.3 Å². The Labute approximate surface area is 128 Å². The first-order chi connectivity index (χ1) is 10.2. The van der Waals surface area contributed by atoms with Crippen molar-refractivity contribution < 1.29 is 14.3 Å². The van der Waals surface area contributed by atoms with Crippen molar-refractivity contribution in [3.8, 4) is 18.1 Å². The molecule has 0 bridgehead atoms. The molecular formula is C17H13ClO3. The molecular weight excluding hydrogens is 288 g/mol. The standard InChI is InChI=1S/C17H13ClO3/c1-2-11-20-17(19)13-7-9-15(10-8-13)21-12-14-5-3-4-6-16(14)18/h1,3-10H,11-12H2. The molecule has 0 atom stereocenters. The molecule has 0 fully saturated rings. The number of terminal acetylenes is 1. The van der Waals surface area contributed by atoms with Crippen molar-refractivity contribution >= 4 is 17.6 Å². The lowest BCUT2D eigenvalue weighted by atomic mass is 10.2. The predicted molar refractivity (Wildman–Crippen MR) is 81.3 cm³/mol. The highest BCUT2D eigenvalue weighted by Gasteiger charge is 2.06. The molecule has 0 aliphatic carbocycles. The lowest BCUT2D eigenvalue weighted by Crippen LogP contribution is -2.05. The van der Waals surface area contributed by atoms with E-state index < -0.39 is 5.97 Å². The first kappa shape index (κ1) is 15.0. The second kappa shape index (κ2) is 7.37. The van der Waals surface area contributed by atoms with E-state index in [1.165, 1.54) is 0 Å². The Balaban J connectivity index is 1.95. The summed E-state index contributed by atoms with van der Waals surface area (Å²) in [7, 11) is 0. The third kappa shape index (κ3) is 4.27. The van der Waals surface area contributed by atoms with Gasteiger partial charge in [-0.2, -0.15) is 0 Å². The third-order valence-electron chi connectivity index (χ3n) is 2.73. The van der Waals surface area contributed by atoms with Gasteiger partial charge in [-0.1, -0.05) is 35.7 Å². The first-order valence-corrected chi connectivity index (χ1v) is 6.65. The molecule has 4 heteroatoms. The highest BCUT2D eigenvalue weighted by atomic mass is 35.5. The van der Waals surface area contributed by atoms with Gasteiger partial charge in [-0.3, -0.25) is 0 Å². The summed E-state index contributed by atoms with van der Waals surface area (Å²) in [5, 5.41) is 0.659. The fraction of sp³-hybridized carbons (Fsp3) is 0.118. The molecule has 2 rings (SSSR count). The van der Waals surface area contributed by atoms with Crippen LogP contribution in [0.4, 0.5) is 0 Å². The molecule has 0 saturated heterocycles. The molecule has 0 amide bonds. The molecule has 21 heavy (non-hydrogen) atoms. The Bertz CT molecular complexity index is 656. The van der Waals surface area contributed by atoms with E-state index in [0.717, 1.165) is 5.56 Å². The monoisotopic (exact) mass is 300 g/mol. The van der Waals surface area contributed by atoms with Gasteiger partial charge in [0.1, 0.15) is 12.4 Å². The Morgan fingerprint density at radius 1 is 1.14 bits per heavy atom. The number of rotatable bonds is 5. The number of hydrogen-bond acceptors (Lipinski definition) is 3. The Morgan fingerprint density at radius 2 is 1.86 bits per heavy atom. The van der Waals surface area contributed by atoms with Gasteiger partial charge in [0.2, 0.25) is 0 Å². The smallest absolute Gasteiger partial charge is 0.339 e. The maximum atomic E-state index is 11.6. The number of hydrogen-bond donors (Lipinski definition) is 0. The van der Waals surface area contributed by atoms with Gasteiger partial charge in [-0.15, -0.1) is 6.42 Å². The molecule has 0 N–H and O–H groups in total. The highest BCUT2D eigenvalue weighted by molar-refractivity contribution is 6.31. The van der Waals surface area contributed by atoms with Gasteiger partial charge >= 0.3 is 5.97 Å². The molecule has 2 aromatic carbocycles. The summed E-state index contributed by atoms with van der Waals surface area (Å²) in [5.74, 6) is 2.43. The fourth-order valence-electron chi connectivity index (χ4n) is 1.65. The van der Waals surface area contributed by atoms with Gasteiger partial charge in [-0.05, 0) is 30.3 Å². The maximum absolute atomic E-state index is 11.6. The number of esters is 1. The average molecular weight is 301 g/mol. The van der Waals surface area contributed by atoms with Crippen molar-refractivity contribution in [3.63, 3.8) is 0 Å². The van der Waals surface area contributed by atoms with E-state index in [4.69, 9.17) is 27.5 Å². The molecule has 0 aliphatic heterocycles. The number of benzene rings is 2. The normalized spacial score (nSPS) is 9.71. The Morgan fingerprint density at radius 3 is 2.52 bits per heavy atom. The third-order valence-corrected chi connectivity index (χ3v) is 3.10. The van der Waals surface area contributed by atoms with Gasteiger partial charge in [0.25, 0.3) is 0 Å². The van der Waals surface area contributed by atoms with E-state index in [9.17, 15) is 4.79 Å². The van der Waals surface area contributed by atoms with Crippen LogP contribution in [0.15, 0.2) is 48.5 Å². The lowest BCUT2D eigenvalue weighted by Gasteiger charge is -2.08. The van der Waals surface area contributed by atoms with Crippen LogP contribution in [0.1, 0.15) is 15.9 Å². The van der Waals surface area contributed by atoms with Crippen LogP contribution in [0.3, 0.4) is 0 Å². The minimum Gasteiger partial charge on any atom is -0.489 e. The molecule has 0 radical (unpaired) electrons. The van der Waals surface area contributed by atoms with E-state index in [2.05, 4.69) is 5.92 Å². The first-order valence-electron chi connectivity index (χ1n) is 6.27. The number of carbonyl (C=O) groups is 1. The molecule has 0 unspecified atom stereocenters. The van der Waals surface area contributed by atoms with Crippen LogP contribution in [0.5, 0.6) is 5.75 Å². The van der Waals surface area contributed by atoms with E-state index >= 15 is 0 Å². The molecule has 0 saturated carbocycles. The molecule has 0 aromatic heterocycles. The van der Waals surface area contributed by atoms with Crippen LogP contribution in [0, 0.1) is 12.3 Å². The number of halogens is 1. The topological polar surface area (TPSA) is 35.5 Å². The van der Waals surface area contributed by atoms with Gasteiger partial charge in [0.05, 0.1) is 5.56 Å². The lowest BCUT2D eigenvalue weighted by molar-refractivity contribution is 0.0556. The zero-order valence-corrected chi connectivity index (χ0v) is 12.0. The fourth-order valence-corrected chi connectivity index (χ4v) is 1.84. The molecule has 0 spiro atoms. The molecule has 0 heterocycles. The summed E-state index contributed by atoms with van der Waals surface area (Å²) in [4.78, 5) is 11.6. The zero-order chi connectivity index (χ0) is 15.1. The second-order valence-corrected chi connectivity index (χ2v) is 4.59. The summed E-state index contributed by atoms with van der Waals surface area (Å²) in [6.07, 6.45) is 5.03. The van der Waals surface area contributed by atoms with Crippen molar-refractivity contribution in [2.75, 3.05) is 6.61 Å². The minimum absolute atomic E-state index is 0.0381. The van der Waals surface area contributed by atoms with Crippen molar-refractivity contribution in [3.05, 3.63) is 64.7 Å². The Kier molecular flexibility index (Phi) is 5.25. The summed E-state index contributed by atoms with van der Waals surface area (Å²) in [5.41, 5.74) is 1.33. The van der Waals surface area contributed by atoms with E-state index in [1.54, 1.807) is 24.3 Å². The van der Waals surface area contributed by atoms with Crippen molar-refractivity contribution in [2.24, 2.45) is 0 Å². The molecule has 3 nitrogen and oxygen atoms in total. The average Bonchev–Trinajstić information content (AvgIpc) is 2.52. The van der Waals surface area contributed by atoms with Crippen molar-refractivity contribution in [2.45, 2.75) is 6.61 Å². The largest absolute Gasteiger partial charge is 0.489 e. The summed E-state index contributed by atoms with van der Waals surface area (Å²) in [6, 6.07) is 14.1. The summed E-state index contributed by atoms with van der Waals surface area (Å²) >= 11 is 6.05. The van der Waals surface area contributed by atoms with Gasteiger partial charge in [-0.25, -0.2) is 4.79 Å². The van der Waals surface area contributed by atoms with E-state index in [-0.39, 0.29) is 6.61 Å². The predicted octanol–water partition coefficient (Wildman–Crippen LogP) is 3.71. The number of carbonyl (C=O) groups excluding carboxylic acids is 1. The van der Waals surface area contributed by atoms with Crippen molar-refractivity contribution in [1.82, 2.24) is 0 Å².